The first-order chi connectivity index (χ1) is 16.0. The molecular weight excluding hydrogens is 416 g/mol. The van der Waals surface area contributed by atoms with Gasteiger partial charge in [0.15, 0.2) is 5.82 Å². The molecule has 1 amide bonds. The van der Waals surface area contributed by atoms with Gasteiger partial charge in [-0.1, -0.05) is 6.07 Å². The van der Waals surface area contributed by atoms with Crippen LogP contribution < -0.4 is 4.90 Å². The number of aromatic nitrogens is 4. The van der Waals surface area contributed by atoms with E-state index in [4.69, 9.17) is 9.84 Å². The molecule has 3 aliphatic rings. The van der Waals surface area contributed by atoms with Crippen molar-refractivity contribution >= 4 is 17.4 Å². The van der Waals surface area contributed by atoms with Crippen LogP contribution in [-0.2, 0) is 36.0 Å². The monoisotopic (exact) mass is 446 g/mol. The zero-order valence-electron chi connectivity index (χ0n) is 19.5. The Balaban J connectivity index is 1.40. The van der Waals surface area contributed by atoms with E-state index in [0.29, 0.717) is 13.2 Å². The molecule has 0 radical (unpaired) electrons. The smallest absolute Gasteiger partial charge is 0.219 e. The van der Waals surface area contributed by atoms with Crippen LogP contribution in [0.2, 0.25) is 0 Å². The number of carbonyl (C=O) groups excluding carboxylic acids is 1. The molecule has 3 aromatic rings. The molecule has 8 heteroatoms. The van der Waals surface area contributed by atoms with E-state index < -0.39 is 0 Å². The second-order valence-electron chi connectivity index (χ2n) is 9.41. The molecule has 1 atom stereocenters. The van der Waals surface area contributed by atoms with Crippen molar-refractivity contribution < 1.29 is 9.53 Å². The van der Waals surface area contributed by atoms with Crippen LogP contribution in [-0.4, -0.2) is 56.7 Å². The highest BCUT2D eigenvalue weighted by Crippen LogP contribution is 2.41. The molecule has 0 saturated carbocycles. The molecule has 0 unspecified atom stereocenters. The number of amides is 1. The second kappa shape index (κ2) is 7.73. The Morgan fingerprint density at radius 3 is 2.82 bits per heavy atom. The molecule has 0 spiro atoms. The van der Waals surface area contributed by atoms with E-state index in [0.717, 1.165) is 44.8 Å². The van der Waals surface area contributed by atoms with Crippen molar-refractivity contribution in [1.29, 1.82) is 0 Å². The van der Waals surface area contributed by atoms with E-state index in [-0.39, 0.29) is 11.9 Å². The van der Waals surface area contributed by atoms with Crippen molar-refractivity contribution in [3.63, 3.8) is 0 Å². The van der Waals surface area contributed by atoms with Gasteiger partial charge in [0.1, 0.15) is 0 Å². The third-order valence-electron chi connectivity index (χ3n) is 7.54. The summed E-state index contributed by atoms with van der Waals surface area (Å²) < 4.78 is 9.80. The summed E-state index contributed by atoms with van der Waals surface area (Å²) in [7, 11) is 1.98. The Morgan fingerprint density at radius 2 is 2.09 bits per heavy atom. The summed E-state index contributed by atoms with van der Waals surface area (Å²) in [6.45, 7) is 7.56. The zero-order chi connectivity index (χ0) is 22.7. The number of benzene rings is 1. The fraction of sp³-hybridized carbons (Fsp3) is 0.480. The molecule has 2 aromatic heterocycles. The van der Waals surface area contributed by atoms with Gasteiger partial charge in [0.2, 0.25) is 5.91 Å². The summed E-state index contributed by atoms with van der Waals surface area (Å²) in [6.07, 6.45) is 4.77. The van der Waals surface area contributed by atoms with Crippen LogP contribution >= 0.6 is 0 Å². The molecule has 33 heavy (non-hydrogen) atoms. The first-order valence-electron chi connectivity index (χ1n) is 11.8. The van der Waals surface area contributed by atoms with Crippen molar-refractivity contribution in [2.75, 3.05) is 31.2 Å². The number of fused-ring (bicyclic) bond motifs is 2. The topological polar surface area (TPSA) is 68.4 Å². The molecule has 1 saturated heterocycles. The maximum absolute atomic E-state index is 12.2. The molecular formula is C25H30N6O2. The van der Waals surface area contributed by atoms with Gasteiger partial charge in [-0.25, -0.2) is 0 Å². The second-order valence-corrected chi connectivity index (χ2v) is 9.41. The molecule has 0 N–H and O–H groups in total. The average molecular weight is 447 g/mol. The van der Waals surface area contributed by atoms with Crippen molar-refractivity contribution in [3.05, 3.63) is 46.9 Å². The molecule has 172 valence electrons. The van der Waals surface area contributed by atoms with Crippen LogP contribution in [0.25, 0.3) is 11.1 Å². The van der Waals surface area contributed by atoms with E-state index >= 15 is 0 Å². The van der Waals surface area contributed by atoms with Crippen LogP contribution in [0.1, 0.15) is 41.9 Å². The number of aryl methyl sites for hydroxylation is 1. The SMILES string of the molecule is CC(=O)N1CCc2c(c(N3CCc4cc(-c5cnn(C)c5C)ccc43)nn2[C@@H]2CCOC2)C1. The number of hydrogen-bond donors (Lipinski definition) is 0. The van der Waals surface area contributed by atoms with E-state index in [1.165, 1.54) is 39.3 Å². The zero-order valence-corrected chi connectivity index (χ0v) is 19.5. The molecule has 8 nitrogen and oxygen atoms in total. The molecule has 1 aromatic carbocycles. The summed E-state index contributed by atoms with van der Waals surface area (Å²) in [5.74, 6) is 1.13. The lowest BCUT2D eigenvalue weighted by Gasteiger charge is -2.28. The number of anilines is 2. The summed E-state index contributed by atoms with van der Waals surface area (Å²) in [6, 6.07) is 7.00. The van der Waals surface area contributed by atoms with E-state index in [2.05, 4.69) is 39.8 Å². The lowest BCUT2D eigenvalue weighted by Crippen LogP contribution is -2.35. The van der Waals surface area contributed by atoms with Crippen molar-refractivity contribution in [2.45, 2.75) is 45.7 Å². The molecule has 5 heterocycles. The van der Waals surface area contributed by atoms with E-state index in [9.17, 15) is 4.79 Å². The fourth-order valence-corrected chi connectivity index (χ4v) is 5.50. The summed E-state index contributed by atoms with van der Waals surface area (Å²) in [5, 5.41) is 9.57. The number of ether oxygens (including phenoxy) is 1. The fourth-order valence-electron chi connectivity index (χ4n) is 5.50. The maximum Gasteiger partial charge on any atom is 0.219 e. The van der Waals surface area contributed by atoms with Crippen molar-refractivity contribution in [1.82, 2.24) is 24.5 Å². The highest BCUT2D eigenvalue weighted by molar-refractivity contribution is 5.77. The summed E-state index contributed by atoms with van der Waals surface area (Å²) >= 11 is 0. The van der Waals surface area contributed by atoms with Gasteiger partial charge >= 0.3 is 0 Å². The molecule has 0 aliphatic carbocycles. The summed E-state index contributed by atoms with van der Waals surface area (Å²) in [4.78, 5) is 16.5. The quantitative estimate of drug-likeness (QED) is 0.618. The van der Waals surface area contributed by atoms with Crippen molar-refractivity contribution in [2.24, 2.45) is 7.05 Å². The number of rotatable bonds is 3. The van der Waals surface area contributed by atoms with Crippen LogP contribution in [0.15, 0.2) is 24.4 Å². The first kappa shape index (κ1) is 20.5. The van der Waals surface area contributed by atoms with Gasteiger partial charge in [0.25, 0.3) is 0 Å². The van der Waals surface area contributed by atoms with E-state index in [1.54, 1.807) is 6.92 Å². The van der Waals surface area contributed by atoms with Gasteiger partial charge in [-0.15, -0.1) is 0 Å². The first-order valence-corrected chi connectivity index (χ1v) is 11.8. The maximum atomic E-state index is 12.2. The predicted molar refractivity (Wildman–Crippen MR) is 126 cm³/mol. The largest absolute Gasteiger partial charge is 0.379 e. The molecule has 1 fully saturated rings. The van der Waals surface area contributed by atoms with Gasteiger partial charge in [0.05, 0.1) is 25.4 Å². The van der Waals surface area contributed by atoms with E-state index in [1.807, 2.05) is 22.8 Å². The summed E-state index contributed by atoms with van der Waals surface area (Å²) in [5.41, 5.74) is 8.58. The third kappa shape index (κ3) is 3.27. The minimum atomic E-state index is 0.127. The van der Waals surface area contributed by atoms with Gasteiger partial charge in [-0.2, -0.15) is 10.2 Å². The standard InChI is InChI=1S/C25H30N6O2/c1-16-21(13-26-28(16)3)18-4-5-23-19(12-18)6-10-30(23)25-22-14-29(17(2)32)9-7-24(22)31(27-25)20-8-11-33-15-20/h4-5,12-13,20H,6-11,14-15H2,1-3H3/t20-/m1/s1. The van der Waals surface area contributed by atoms with Crippen molar-refractivity contribution in [3.8, 4) is 11.1 Å². The number of nitrogens with zero attached hydrogens (tertiary/aromatic N) is 6. The normalized spacial score (nSPS) is 19.8. The predicted octanol–water partition coefficient (Wildman–Crippen LogP) is 3.15. The molecule has 6 rings (SSSR count). The Bertz CT molecular complexity index is 1240. The van der Waals surface area contributed by atoms with Crippen LogP contribution in [0.4, 0.5) is 11.5 Å². The van der Waals surface area contributed by atoms with Gasteiger partial charge in [-0.05, 0) is 43.0 Å². The van der Waals surface area contributed by atoms with Crippen LogP contribution in [0, 0.1) is 6.92 Å². The molecule has 3 aliphatic heterocycles. The Kier molecular flexibility index (Phi) is 4.79. The lowest BCUT2D eigenvalue weighted by molar-refractivity contribution is -0.129. The highest BCUT2D eigenvalue weighted by atomic mass is 16.5. The Labute approximate surface area is 193 Å². The number of hydrogen-bond acceptors (Lipinski definition) is 5. The average Bonchev–Trinajstić information content (AvgIpc) is 3.59. The van der Waals surface area contributed by atoms with Gasteiger partial charge < -0.3 is 14.5 Å². The minimum Gasteiger partial charge on any atom is -0.379 e. The Morgan fingerprint density at radius 1 is 1.21 bits per heavy atom. The van der Waals surface area contributed by atoms with Gasteiger partial charge in [0, 0.05) is 68.3 Å². The number of carbonyl (C=O) groups is 1. The lowest BCUT2D eigenvalue weighted by atomic mass is 10.0. The van der Waals surface area contributed by atoms with Crippen LogP contribution in [0.5, 0.6) is 0 Å². The molecule has 0 bridgehead atoms. The highest BCUT2D eigenvalue weighted by Gasteiger charge is 2.34. The van der Waals surface area contributed by atoms with Crippen LogP contribution in [0.3, 0.4) is 0 Å². The third-order valence-corrected chi connectivity index (χ3v) is 7.54. The minimum absolute atomic E-state index is 0.127. The van der Waals surface area contributed by atoms with Gasteiger partial charge in [-0.3, -0.25) is 14.2 Å². The Hall–Kier alpha value is -3.13.